The number of benzene rings is 2. The molecule has 2 aliphatic heterocycles. The highest BCUT2D eigenvalue weighted by Gasteiger charge is 2.38. The zero-order valence-electron chi connectivity index (χ0n) is 32.7. The number of halogens is 7. The molecule has 3 N–H and O–H groups in total. The van der Waals surface area contributed by atoms with Gasteiger partial charge in [0.15, 0.2) is 11.6 Å². The minimum Gasteiger partial charge on any atom is -0.378 e. The van der Waals surface area contributed by atoms with Crippen molar-refractivity contribution in [2.75, 3.05) is 75.5 Å². The first-order valence-corrected chi connectivity index (χ1v) is 18.8. The number of alkyl halides is 3. The fourth-order valence-electron chi connectivity index (χ4n) is 5.93. The van der Waals surface area contributed by atoms with Crippen LogP contribution in [-0.4, -0.2) is 121 Å². The molecule has 0 spiro atoms. The number of hydrogen-bond acceptors (Lipinski definition) is 10. The van der Waals surface area contributed by atoms with E-state index in [1.54, 1.807) is 17.0 Å². The van der Waals surface area contributed by atoms with Crippen molar-refractivity contribution in [2.45, 2.75) is 19.3 Å². The topological polar surface area (TPSA) is 181 Å². The minimum atomic E-state index is -5.12. The summed E-state index contributed by atoms with van der Waals surface area (Å²) in [6.45, 7) is 1.34. The van der Waals surface area contributed by atoms with E-state index in [-0.39, 0.29) is 61.1 Å². The highest BCUT2D eigenvalue weighted by Crippen LogP contribution is 2.26. The van der Waals surface area contributed by atoms with Crippen molar-refractivity contribution in [1.29, 1.82) is 0 Å². The van der Waals surface area contributed by atoms with Gasteiger partial charge >= 0.3 is 24.1 Å². The van der Waals surface area contributed by atoms with Crippen LogP contribution in [0.1, 0.15) is 32.1 Å². The van der Waals surface area contributed by atoms with Gasteiger partial charge in [-0.25, -0.2) is 27.2 Å². The smallest absolute Gasteiger partial charge is 0.378 e. The van der Waals surface area contributed by atoms with Crippen LogP contribution in [0.5, 0.6) is 0 Å². The number of amides is 5. The summed E-state index contributed by atoms with van der Waals surface area (Å²) in [7, 11) is 0. The van der Waals surface area contributed by atoms with Crippen molar-refractivity contribution < 1.29 is 64.2 Å². The number of morpholine rings is 2. The van der Waals surface area contributed by atoms with Gasteiger partial charge in [0.1, 0.15) is 23.3 Å². The van der Waals surface area contributed by atoms with Gasteiger partial charge in [-0.1, -0.05) is 0 Å². The standard InChI is InChI=1S/C21H19F5N4O4.C19H20F2N4O3/c22-14-2-4-17(16(23)9-14)30(20(33)29-5-7-34-8-6-29)12-15-3-1-13(10-27-15)18(31)11-28-19(32)21(24,25)26;20-14-2-4-17(16(21)9-14)25(19(27)24-5-7-28-8-6-24)12-15-3-1-13(11-23-15)18(26)10-22/h1-4,9-10H,5-8,11-12H2,(H,28,32);1-4,9,11H,5-8,10,12,22H2. The number of anilines is 2. The molecule has 0 saturated carbocycles. The summed E-state index contributed by atoms with van der Waals surface area (Å²) >= 11 is 0. The van der Waals surface area contributed by atoms with Crippen LogP contribution in [0.4, 0.5) is 51.7 Å². The third kappa shape index (κ3) is 12.5. The first-order valence-electron chi connectivity index (χ1n) is 18.8. The van der Waals surface area contributed by atoms with Gasteiger partial charge in [0.05, 0.1) is 75.4 Å². The average Bonchev–Trinajstić information content (AvgIpc) is 3.27. The third-order valence-electron chi connectivity index (χ3n) is 9.21. The molecule has 22 heteroatoms. The molecular weight excluding hydrogens is 837 g/mol. The van der Waals surface area contributed by atoms with E-state index in [2.05, 4.69) is 9.97 Å². The molecule has 2 aromatic carbocycles. The number of ketones is 2. The van der Waals surface area contributed by atoms with Crippen LogP contribution in [0, 0.1) is 23.3 Å². The van der Waals surface area contributed by atoms with Crippen molar-refractivity contribution in [2.24, 2.45) is 5.73 Å². The van der Waals surface area contributed by atoms with E-state index in [9.17, 15) is 54.7 Å². The largest absolute Gasteiger partial charge is 0.471 e. The Hall–Kier alpha value is -6.52. The number of nitrogens with two attached hydrogens (primary N) is 1. The summed E-state index contributed by atoms with van der Waals surface area (Å²) in [6.07, 6.45) is -2.69. The number of rotatable bonds is 11. The Morgan fingerprint density at radius 1 is 0.645 bits per heavy atom. The maximum Gasteiger partial charge on any atom is 0.471 e. The van der Waals surface area contributed by atoms with Crippen LogP contribution in [0.2, 0.25) is 0 Å². The van der Waals surface area contributed by atoms with E-state index in [0.717, 1.165) is 35.4 Å². The van der Waals surface area contributed by atoms with Gasteiger partial charge in [0.25, 0.3) is 0 Å². The van der Waals surface area contributed by atoms with Gasteiger partial charge in [0.2, 0.25) is 0 Å². The Bertz CT molecular complexity index is 2220. The molecule has 5 amide bonds. The zero-order valence-corrected chi connectivity index (χ0v) is 32.7. The van der Waals surface area contributed by atoms with Crippen molar-refractivity contribution >= 4 is 40.9 Å². The Morgan fingerprint density at radius 2 is 1.06 bits per heavy atom. The minimum absolute atomic E-state index is 0.0458. The van der Waals surface area contributed by atoms with E-state index >= 15 is 0 Å². The Balaban J connectivity index is 0.000000238. The van der Waals surface area contributed by atoms with Crippen LogP contribution in [0.15, 0.2) is 73.1 Å². The summed E-state index contributed by atoms with van der Waals surface area (Å²) in [5, 5.41) is 1.47. The molecule has 330 valence electrons. The first kappa shape index (κ1) is 46.5. The van der Waals surface area contributed by atoms with Gasteiger partial charge < -0.3 is 30.3 Å². The number of nitrogens with zero attached hydrogens (tertiary/aromatic N) is 6. The summed E-state index contributed by atoms with van der Waals surface area (Å²) in [6, 6.07) is 10.5. The SMILES string of the molecule is NCC(=O)c1ccc(CN(C(=O)N2CCOCC2)c2ccc(F)cc2F)nc1.O=C(CNC(=O)C(F)(F)F)c1ccc(CN(C(=O)N2CCOCC2)c2ccc(F)cc2F)nc1. The second kappa shape index (κ2) is 21.3. The van der Waals surface area contributed by atoms with Gasteiger partial charge in [0, 0.05) is 61.8 Å². The molecule has 0 atom stereocenters. The summed E-state index contributed by atoms with van der Waals surface area (Å²) in [5.74, 6) is -6.69. The van der Waals surface area contributed by atoms with Crippen molar-refractivity contribution in [1.82, 2.24) is 25.1 Å². The van der Waals surface area contributed by atoms with E-state index < -0.39 is 59.7 Å². The Morgan fingerprint density at radius 3 is 1.42 bits per heavy atom. The predicted octanol–water partition coefficient (Wildman–Crippen LogP) is 4.64. The van der Waals surface area contributed by atoms with E-state index in [4.69, 9.17) is 15.2 Å². The number of pyridine rings is 2. The number of aromatic nitrogens is 2. The van der Waals surface area contributed by atoms with Crippen molar-refractivity contribution in [3.63, 3.8) is 0 Å². The summed E-state index contributed by atoms with van der Waals surface area (Å²) in [5.41, 5.74) is 6.03. The molecule has 2 saturated heterocycles. The monoisotopic (exact) mass is 876 g/mol. The molecule has 4 heterocycles. The predicted molar refractivity (Wildman–Crippen MR) is 206 cm³/mol. The molecule has 62 heavy (non-hydrogen) atoms. The molecule has 0 unspecified atom stereocenters. The van der Waals surface area contributed by atoms with E-state index in [1.807, 2.05) is 0 Å². The lowest BCUT2D eigenvalue weighted by Gasteiger charge is -2.33. The molecule has 0 bridgehead atoms. The normalized spacial score (nSPS) is 14.0. The number of urea groups is 2. The quantitative estimate of drug-likeness (QED) is 0.159. The van der Waals surface area contributed by atoms with Crippen LogP contribution in [-0.2, 0) is 27.4 Å². The lowest BCUT2D eigenvalue weighted by atomic mass is 10.1. The molecular formula is C40H39F7N8O7. The molecule has 15 nitrogen and oxygen atoms in total. The third-order valence-corrected chi connectivity index (χ3v) is 9.21. The molecule has 6 rings (SSSR count). The number of ether oxygens (including phenoxy) is 2. The van der Waals surface area contributed by atoms with Crippen LogP contribution >= 0.6 is 0 Å². The lowest BCUT2D eigenvalue weighted by Crippen LogP contribution is -2.48. The number of Topliss-reactive ketones (excluding diaryl/α,β-unsaturated/α-hetero) is 2. The Labute approximate surface area is 349 Å². The molecule has 2 aromatic heterocycles. The molecule has 4 aromatic rings. The maximum atomic E-state index is 14.5. The molecule has 2 aliphatic rings. The number of nitrogens with one attached hydrogen (secondary N) is 1. The molecule has 0 radical (unpaired) electrons. The van der Waals surface area contributed by atoms with Crippen LogP contribution in [0.25, 0.3) is 0 Å². The highest BCUT2D eigenvalue weighted by atomic mass is 19.4. The van der Waals surface area contributed by atoms with Crippen LogP contribution in [0.3, 0.4) is 0 Å². The first-order chi connectivity index (χ1) is 29.5. The lowest BCUT2D eigenvalue weighted by molar-refractivity contribution is -0.173. The average molecular weight is 877 g/mol. The Kier molecular flexibility index (Phi) is 16.0. The van der Waals surface area contributed by atoms with Crippen LogP contribution < -0.4 is 20.9 Å². The second-order valence-corrected chi connectivity index (χ2v) is 13.4. The molecule has 2 fully saturated rings. The second-order valence-electron chi connectivity index (χ2n) is 13.4. The fourth-order valence-corrected chi connectivity index (χ4v) is 5.93. The molecule has 0 aliphatic carbocycles. The van der Waals surface area contributed by atoms with Gasteiger partial charge in [-0.05, 0) is 48.5 Å². The van der Waals surface area contributed by atoms with Crippen molar-refractivity contribution in [3.8, 4) is 0 Å². The fraction of sp³-hybridized carbons (Fsp3) is 0.325. The number of carbonyl (C=O) groups is 5. The highest BCUT2D eigenvalue weighted by molar-refractivity contribution is 6.00. The van der Waals surface area contributed by atoms with E-state index in [0.29, 0.717) is 56.8 Å². The maximum absolute atomic E-state index is 14.5. The number of carbonyl (C=O) groups excluding carboxylic acids is 5. The van der Waals surface area contributed by atoms with Gasteiger partial charge in [-0.2, -0.15) is 13.2 Å². The van der Waals surface area contributed by atoms with Gasteiger partial charge in [-0.15, -0.1) is 0 Å². The summed E-state index contributed by atoms with van der Waals surface area (Å²) < 4.78 is 103. The number of hydrogen-bond donors (Lipinski definition) is 2. The van der Waals surface area contributed by atoms with Crippen molar-refractivity contribution in [3.05, 3.63) is 119 Å². The summed E-state index contributed by atoms with van der Waals surface area (Å²) in [4.78, 5) is 74.0. The van der Waals surface area contributed by atoms with Gasteiger partial charge in [-0.3, -0.25) is 34.2 Å². The zero-order chi connectivity index (χ0) is 45.0. The van der Waals surface area contributed by atoms with E-state index in [1.165, 1.54) is 39.5 Å².